The maximum absolute atomic E-state index is 5.45. The van der Waals surface area contributed by atoms with E-state index in [2.05, 4.69) is 40.5 Å². The fourth-order valence-electron chi connectivity index (χ4n) is 1.24. The lowest BCUT2D eigenvalue weighted by atomic mass is 10.2. The van der Waals surface area contributed by atoms with Crippen LogP contribution in [0, 0.1) is 0 Å². The molecule has 1 aromatic rings. The molecule has 0 aliphatic heterocycles. The van der Waals surface area contributed by atoms with Crippen molar-refractivity contribution in [1.29, 1.82) is 0 Å². The van der Waals surface area contributed by atoms with E-state index in [4.69, 9.17) is 4.74 Å². The third-order valence-corrected chi connectivity index (χ3v) is 2.19. The minimum atomic E-state index is 0.537. The van der Waals surface area contributed by atoms with Crippen LogP contribution in [-0.4, -0.2) is 13.2 Å². The van der Waals surface area contributed by atoms with Crippen molar-refractivity contribution >= 4 is 15.9 Å². The lowest BCUT2D eigenvalue weighted by Gasteiger charge is -2.07. The third kappa shape index (κ3) is 5.14. The van der Waals surface area contributed by atoms with E-state index in [0.29, 0.717) is 6.61 Å². The number of hydrogen-bond acceptors (Lipinski definition) is 2. The van der Waals surface area contributed by atoms with Crippen LogP contribution in [0.5, 0.6) is 5.75 Å². The van der Waals surface area contributed by atoms with E-state index < -0.39 is 0 Å². The molecule has 2 nitrogen and oxygen atoms in total. The molecule has 1 N–H and O–H groups in total. The Morgan fingerprint density at radius 3 is 3.00 bits per heavy atom. The Labute approximate surface area is 105 Å². The van der Waals surface area contributed by atoms with Crippen molar-refractivity contribution in [2.45, 2.75) is 6.54 Å². The average Bonchev–Trinajstić information content (AvgIpc) is 2.26. The number of halogens is 1. The first kappa shape index (κ1) is 13.0. The van der Waals surface area contributed by atoms with Gasteiger partial charge in [-0.25, -0.2) is 0 Å². The van der Waals surface area contributed by atoms with Crippen LogP contribution in [0.25, 0.3) is 0 Å². The van der Waals surface area contributed by atoms with Crippen LogP contribution < -0.4 is 10.1 Å². The van der Waals surface area contributed by atoms with Crippen LogP contribution in [0.4, 0.5) is 0 Å². The largest absolute Gasteiger partial charge is 0.490 e. The number of benzene rings is 1. The zero-order chi connectivity index (χ0) is 11.8. The second-order valence-electron chi connectivity index (χ2n) is 3.37. The van der Waals surface area contributed by atoms with Gasteiger partial charge in [0.25, 0.3) is 0 Å². The van der Waals surface area contributed by atoms with Gasteiger partial charge in [-0.05, 0) is 17.7 Å². The zero-order valence-electron chi connectivity index (χ0n) is 9.21. The lowest BCUT2D eigenvalue weighted by Crippen LogP contribution is -2.14. The average molecular weight is 282 g/mol. The molecule has 0 unspecified atom stereocenters. The Morgan fingerprint density at radius 1 is 1.50 bits per heavy atom. The first-order valence-corrected chi connectivity index (χ1v) is 5.88. The van der Waals surface area contributed by atoms with Gasteiger partial charge in [0.2, 0.25) is 0 Å². The molecule has 0 atom stereocenters. The molecule has 0 heterocycles. The second kappa shape index (κ2) is 7.25. The molecular formula is C13H16BrNO. The van der Waals surface area contributed by atoms with Crippen LogP contribution in [0.3, 0.4) is 0 Å². The van der Waals surface area contributed by atoms with Crippen molar-refractivity contribution < 1.29 is 4.74 Å². The van der Waals surface area contributed by atoms with E-state index >= 15 is 0 Å². The van der Waals surface area contributed by atoms with Gasteiger partial charge >= 0.3 is 0 Å². The number of hydrogen-bond donors (Lipinski definition) is 1. The van der Waals surface area contributed by atoms with E-state index in [9.17, 15) is 0 Å². The molecule has 16 heavy (non-hydrogen) atoms. The van der Waals surface area contributed by atoms with E-state index in [1.54, 1.807) is 6.08 Å². The Kier molecular flexibility index (Phi) is 5.90. The van der Waals surface area contributed by atoms with E-state index in [1.165, 1.54) is 5.56 Å². The Morgan fingerprint density at radius 2 is 2.31 bits per heavy atom. The minimum Gasteiger partial charge on any atom is -0.490 e. The van der Waals surface area contributed by atoms with Crippen LogP contribution in [0.15, 0.2) is 48.0 Å². The smallest absolute Gasteiger partial charge is 0.120 e. The summed E-state index contributed by atoms with van der Waals surface area (Å²) in [5.74, 6) is 0.872. The molecule has 0 aliphatic carbocycles. The fraction of sp³-hybridized carbons (Fsp3) is 0.231. The molecule has 0 bridgehead atoms. The van der Waals surface area contributed by atoms with Gasteiger partial charge in [-0.3, -0.25) is 0 Å². The van der Waals surface area contributed by atoms with Gasteiger partial charge < -0.3 is 10.1 Å². The first-order valence-electron chi connectivity index (χ1n) is 5.09. The molecule has 0 fully saturated rings. The summed E-state index contributed by atoms with van der Waals surface area (Å²) in [4.78, 5) is 0. The van der Waals surface area contributed by atoms with Crippen molar-refractivity contribution in [2.24, 2.45) is 0 Å². The third-order valence-electron chi connectivity index (χ3n) is 1.91. The Bertz CT molecular complexity index is 363. The van der Waals surface area contributed by atoms with E-state index in [-0.39, 0.29) is 0 Å². The minimum absolute atomic E-state index is 0.537. The van der Waals surface area contributed by atoms with Gasteiger partial charge in [0.1, 0.15) is 12.4 Å². The van der Waals surface area contributed by atoms with Gasteiger partial charge in [0.05, 0.1) is 0 Å². The van der Waals surface area contributed by atoms with E-state index in [1.807, 2.05) is 18.2 Å². The van der Waals surface area contributed by atoms with Crippen molar-refractivity contribution in [2.75, 3.05) is 13.2 Å². The Hall–Kier alpha value is -1.06. The monoisotopic (exact) mass is 281 g/mol. The molecule has 0 aromatic heterocycles. The molecule has 0 aliphatic rings. The zero-order valence-corrected chi connectivity index (χ0v) is 10.8. The highest BCUT2D eigenvalue weighted by atomic mass is 79.9. The molecule has 86 valence electrons. The quantitative estimate of drug-likeness (QED) is 0.775. The SMILES string of the molecule is C=CCOc1cccc(CNCC(=C)Br)c1. The topological polar surface area (TPSA) is 21.3 Å². The highest BCUT2D eigenvalue weighted by molar-refractivity contribution is 9.11. The summed E-state index contributed by atoms with van der Waals surface area (Å²) < 4.78 is 6.40. The summed E-state index contributed by atoms with van der Waals surface area (Å²) in [5.41, 5.74) is 1.19. The van der Waals surface area contributed by atoms with Crippen LogP contribution in [0.2, 0.25) is 0 Å². The molecule has 0 saturated carbocycles. The van der Waals surface area contributed by atoms with Crippen molar-refractivity contribution in [1.82, 2.24) is 5.32 Å². The van der Waals surface area contributed by atoms with Gasteiger partial charge in [-0.15, -0.1) is 0 Å². The molecule has 0 radical (unpaired) electrons. The standard InChI is InChI=1S/C13H16BrNO/c1-3-7-16-13-6-4-5-12(8-13)10-15-9-11(2)14/h3-6,8,15H,1-2,7,9-10H2. The maximum Gasteiger partial charge on any atom is 0.120 e. The Balaban J connectivity index is 2.46. The summed E-state index contributed by atoms with van der Waals surface area (Å²) in [6, 6.07) is 8.01. The fourth-order valence-corrected chi connectivity index (χ4v) is 1.44. The summed E-state index contributed by atoms with van der Waals surface area (Å²) in [6.45, 7) is 9.48. The highest BCUT2D eigenvalue weighted by Crippen LogP contribution is 2.13. The molecule has 0 spiro atoms. The molecule has 1 aromatic carbocycles. The van der Waals surface area contributed by atoms with Crippen LogP contribution in [0.1, 0.15) is 5.56 Å². The number of rotatable bonds is 7. The summed E-state index contributed by atoms with van der Waals surface area (Å²) >= 11 is 3.30. The molecular weight excluding hydrogens is 266 g/mol. The number of nitrogens with one attached hydrogen (secondary N) is 1. The molecule has 0 amide bonds. The molecule has 1 rings (SSSR count). The summed E-state index contributed by atoms with van der Waals surface area (Å²) in [7, 11) is 0. The van der Waals surface area contributed by atoms with Gasteiger partial charge in [-0.1, -0.05) is 47.3 Å². The normalized spacial score (nSPS) is 9.81. The van der Waals surface area contributed by atoms with Gasteiger partial charge in [0.15, 0.2) is 0 Å². The highest BCUT2D eigenvalue weighted by Gasteiger charge is 1.96. The maximum atomic E-state index is 5.45. The van der Waals surface area contributed by atoms with Crippen LogP contribution in [-0.2, 0) is 6.54 Å². The molecule has 3 heteroatoms. The molecule has 0 saturated heterocycles. The van der Waals surface area contributed by atoms with Crippen molar-refractivity contribution in [3.05, 3.63) is 53.5 Å². The number of ether oxygens (including phenoxy) is 1. The van der Waals surface area contributed by atoms with Gasteiger partial charge in [-0.2, -0.15) is 0 Å². The van der Waals surface area contributed by atoms with Crippen molar-refractivity contribution in [3.63, 3.8) is 0 Å². The van der Waals surface area contributed by atoms with E-state index in [0.717, 1.165) is 23.3 Å². The predicted octanol–water partition coefficient (Wildman–Crippen LogP) is 3.25. The first-order chi connectivity index (χ1) is 7.72. The van der Waals surface area contributed by atoms with Crippen molar-refractivity contribution in [3.8, 4) is 5.75 Å². The van der Waals surface area contributed by atoms with Gasteiger partial charge in [0, 0.05) is 17.6 Å². The summed E-state index contributed by atoms with van der Waals surface area (Å²) in [6.07, 6.45) is 1.74. The second-order valence-corrected chi connectivity index (χ2v) is 4.49. The van der Waals surface area contributed by atoms with Crippen LogP contribution >= 0.6 is 15.9 Å². The lowest BCUT2D eigenvalue weighted by molar-refractivity contribution is 0.363. The summed E-state index contributed by atoms with van der Waals surface area (Å²) in [5, 5.41) is 3.26. The predicted molar refractivity (Wildman–Crippen MR) is 71.9 cm³/mol.